The Bertz CT molecular complexity index is 307. The fourth-order valence-electron chi connectivity index (χ4n) is 0.902. The molecule has 0 aliphatic rings. The van der Waals surface area contributed by atoms with Crippen LogP contribution in [0, 0.1) is 0 Å². The maximum atomic E-state index is 12.3. The standard InChI is InChI=1S/C8H5Br2F3/c9-4-5-2-1-3-6(7(5)10)8(11,12)13/h1-3H,4H2. The lowest BCUT2D eigenvalue weighted by Crippen LogP contribution is -2.06. The zero-order valence-corrected chi connectivity index (χ0v) is 9.50. The monoisotopic (exact) mass is 316 g/mol. The van der Waals surface area contributed by atoms with Crippen molar-refractivity contribution < 1.29 is 13.2 Å². The summed E-state index contributed by atoms with van der Waals surface area (Å²) < 4.78 is 37.1. The Morgan fingerprint density at radius 1 is 1.23 bits per heavy atom. The molecule has 0 unspecified atom stereocenters. The van der Waals surface area contributed by atoms with E-state index in [1.807, 2.05) is 0 Å². The molecule has 0 aromatic heterocycles. The quantitative estimate of drug-likeness (QED) is 0.675. The van der Waals surface area contributed by atoms with Gasteiger partial charge in [-0.05, 0) is 27.6 Å². The Morgan fingerprint density at radius 2 is 1.85 bits per heavy atom. The molecule has 0 aliphatic carbocycles. The third kappa shape index (κ3) is 2.47. The zero-order valence-electron chi connectivity index (χ0n) is 6.33. The Hall–Kier alpha value is -0.0300. The van der Waals surface area contributed by atoms with Crippen molar-refractivity contribution in [3.8, 4) is 0 Å². The van der Waals surface area contributed by atoms with Crippen molar-refractivity contribution in [1.82, 2.24) is 0 Å². The second-order valence-electron chi connectivity index (χ2n) is 2.41. The van der Waals surface area contributed by atoms with E-state index in [1.54, 1.807) is 6.07 Å². The van der Waals surface area contributed by atoms with Crippen LogP contribution in [0.1, 0.15) is 11.1 Å². The molecule has 0 spiro atoms. The van der Waals surface area contributed by atoms with E-state index in [9.17, 15) is 13.2 Å². The highest BCUT2D eigenvalue weighted by Crippen LogP contribution is 2.36. The fraction of sp³-hybridized carbons (Fsp3) is 0.250. The lowest BCUT2D eigenvalue weighted by Gasteiger charge is -2.10. The van der Waals surface area contributed by atoms with Crippen LogP contribution in [0.15, 0.2) is 22.7 Å². The minimum absolute atomic E-state index is 0.111. The van der Waals surface area contributed by atoms with Gasteiger partial charge < -0.3 is 0 Å². The number of benzene rings is 1. The summed E-state index contributed by atoms with van der Waals surface area (Å²) in [4.78, 5) is 0. The predicted octanol–water partition coefficient (Wildman–Crippen LogP) is 4.36. The lowest BCUT2D eigenvalue weighted by molar-refractivity contribution is -0.138. The first-order valence-electron chi connectivity index (χ1n) is 3.37. The van der Waals surface area contributed by atoms with Crippen molar-refractivity contribution in [3.63, 3.8) is 0 Å². The van der Waals surface area contributed by atoms with E-state index in [1.165, 1.54) is 6.07 Å². The first-order valence-corrected chi connectivity index (χ1v) is 5.29. The molecule has 0 fully saturated rings. The van der Waals surface area contributed by atoms with Gasteiger partial charge in [-0.25, -0.2) is 0 Å². The van der Waals surface area contributed by atoms with Crippen molar-refractivity contribution in [2.24, 2.45) is 0 Å². The minimum atomic E-state index is -4.29. The molecule has 0 saturated carbocycles. The second-order valence-corrected chi connectivity index (χ2v) is 3.76. The van der Waals surface area contributed by atoms with E-state index in [-0.39, 0.29) is 4.47 Å². The molecule has 1 aromatic carbocycles. The molecule has 0 atom stereocenters. The van der Waals surface area contributed by atoms with Crippen LogP contribution in [0.25, 0.3) is 0 Å². The van der Waals surface area contributed by atoms with E-state index < -0.39 is 11.7 Å². The molecule has 1 aromatic rings. The molecule has 0 nitrogen and oxygen atoms in total. The molecule has 0 saturated heterocycles. The summed E-state index contributed by atoms with van der Waals surface area (Å²) in [6.07, 6.45) is -4.29. The molecule has 0 bridgehead atoms. The summed E-state index contributed by atoms with van der Waals surface area (Å²) in [6.45, 7) is 0. The van der Waals surface area contributed by atoms with Gasteiger partial charge in [0.25, 0.3) is 0 Å². The molecular formula is C8H5Br2F3. The Kier molecular flexibility index (Phi) is 3.40. The normalized spacial score (nSPS) is 11.8. The van der Waals surface area contributed by atoms with Crippen molar-refractivity contribution in [3.05, 3.63) is 33.8 Å². The van der Waals surface area contributed by atoms with Crippen LogP contribution in [0.2, 0.25) is 0 Å². The van der Waals surface area contributed by atoms with Gasteiger partial charge in [-0.1, -0.05) is 28.1 Å². The van der Waals surface area contributed by atoms with E-state index in [0.29, 0.717) is 10.9 Å². The van der Waals surface area contributed by atoms with Crippen molar-refractivity contribution >= 4 is 31.9 Å². The van der Waals surface area contributed by atoms with Crippen LogP contribution in [0.3, 0.4) is 0 Å². The van der Waals surface area contributed by atoms with Crippen LogP contribution in [-0.2, 0) is 11.5 Å². The number of hydrogen-bond acceptors (Lipinski definition) is 0. The first-order chi connectivity index (χ1) is 5.96. The van der Waals surface area contributed by atoms with Gasteiger partial charge >= 0.3 is 6.18 Å². The third-order valence-electron chi connectivity index (χ3n) is 1.53. The molecular weight excluding hydrogens is 313 g/mol. The number of rotatable bonds is 1. The van der Waals surface area contributed by atoms with Crippen LogP contribution in [-0.4, -0.2) is 0 Å². The fourth-order valence-corrected chi connectivity index (χ4v) is 2.37. The largest absolute Gasteiger partial charge is 0.417 e. The summed E-state index contributed by atoms with van der Waals surface area (Å²) in [7, 11) is 0. The lowest BCUT2D eigenvalue weighted by atomic mass is 10.1. The van der Waals surface area contributed by atoms with Gasteiger partial charge in [0.05, 0.1) is 5.56 Å². The van der Waals surface area contributed by atoms with Gasteiger partial charge in [0.15, 0.2) is 0 Å². The number of alkyl halides is 4. The summed E-state index contributed by atoms with van der Waals surface area (Å²) >= 11 is 6.04. The highest BCUT2D eigenvalue weighted by molar-refractivity contribution is 9.10. The first kappa shape index (κ1) is 11.0. The molecule has 5 heteroatoms. The Balaban J connectivity index is 3.24. The molecule has 72 valence electrons. The van der Waals surface area contributed by atoms with Crippen LogP contribution in [0.4, 0.5) is 13.2 Å². The van der Waals surface area contributed by atoms with E-state index in [2.05, 4.69) is 31.9 Å². The Labute approximate surface area is 90.4 Å². The molecule has 0 N–H and O–H groups in total. The molecule has 0 aliphatic heterocycles. The molecule has 13 heavy (non-hydrogen) atoms. The van der Waals surface area contributed by atoms with Crippen molar-refractivity contribution in [2.75, 3.05) is 0 Å². The van der Waals surface area contributed by atoms with Crippen molar-refractivity contribution in [2.45, 2.75) is 11.5 Å². The van der Waals surface area contributed by atoms with Crippen LogP contribution >= 0.6 is 31.9 Å². The maximum absolute atomic E-state index is 12.3. The zero-order chi connectivity index (χ0) is 10.1. The van der Waals surface area contributed by atoms with E-state index >= 15 is 0 Å². The predicted molar refractivity (Wildman–Crippen MR) is 51.8 cm³/mol. The van der Waals surface area contributed by atoms with Gasteiger partial charge in [-0.2, -0.15) is 13.2 Å². The number of halogens is 5. The third-order valence-corrected chi connectivity index (χ3v) is 3.07. The topological polar surface area (TPSA) is 0 Å². The summed E-state index contributed by atoms with van der Waals surface area (Å²) in [5.74, 6) is 0. The molecule has 0 radical (unpaired) electrons. The van der Waals surface area contributed by atoms with E-state index in [0.717, 1.165) is 6.07 Å². The average Bonchev–Trinajstić information content (AvgIpc) is 2.02. The Morgan fingerprint density at radius 3 is 2.31 bits per heavy atom. The smallest absolute Gasteiger partial charge is 0.166 e. The minimum Gasteiger partial charge on any atom is -0.166 e. The van der Waals surface area contributed by atoms with Gasteiger partial charge in [-0.3, -0.25) is 0 Å². The van der Waals surface area contributed by atoms with Gasteiger partial charge in [0.1, 0.15) is 0 Å². The second kappa shape index (κ2) is 4.00. The van der Waals surface area contributed by atoms with Crippen molar-refractivity contribution in [1.29, 1.82) is 0 Å². The summed E-state index contributed by atoms with van der Waals surface area (Å²) in [5.41, 5.74) is -0.0423. The summed E-state index contributed by atoms with van der Waals surface area (Å²) in [6, 6.07) is 4.08. The van der Waals surface area contributed by atoms with Crippen LogP contribution in [0.5, 0.6) is 0 Å². The van der Waals surface area contributed by atoms with Gasteiger partial charge in [0.2, 0.25) is 0 Å². The maximum Gasteiger partial charge on any atom is 0.417 e. The number of hydrogen-bond donors (Lipinski definition) is 0. The van der Waals surface area contributed by atoms with Gasteiger partial charge in [0, 0.05) is 9.80 Å². The summed E-state index contributed by atoms with van der Waals surface area (Å²) in [5, 5.41) is 0.400. The molecule has 1 rings (SSSR count). The highest BCUT2D eigenvalue weighted by atomic mass is 79.9. The highest BCUT2D eigenvalue weighted by Gasteiger charge is 2.33. The SMILES string of the molecule is FC(F)(F)c1cccc(CBr)c1Br. The molecule has 0 heterocycles. The average molecular weight is 318 g/mol. The van der Waals surface area contributed by atoms with E-state index in [4.69, 9.17) is 0 Å². The van der Waals surface area contributed by atoms with Crippen LogP contribution < -0.4 is 0 Å². The van der Waals surface area contributed by atoms with Gasteiger partial charge in [-0.15, -0.1) is 0 Å². The molecule has 0 amide bonds.